The Kier molecular flexibility index (Phi) is 5.19. The van der Waals surface area contributed by atoms with Crippen LogP contribution in [0.3, 0.4) is 0 Å². The molecule has 1 saturated carbocycles. The molecule has 1 aliphatic carbocycles. The Morgan fingerprint density at radius 2 is 0.833 bits per heavy atom. The van der Waals surface area contributed by atoms with Crippen molar-refractivity contribution in [2.45, 2.75) is 34.3 Å². The van der Waals surface area contributed by atoms with Crippen LogP contribution in [0.25, 0.3) is 0 Å². The highest BCUT2D eigenvalue weighted by Crippen LogP contribution is 2.77. The Morgan fingerprint density at radius 3 is 1.00 bits per heavy atom. The normalized spacial score (nSPS) is 45.2. The molecule has 18 heteroatoms. The van der Waals surface area contributed by atoms with E-state index in [1.54, 1.807) is 0 Å². The van der Waals surface area contributed by atoms with E-state index in [1.807, 2.05) is 0 Å². The number of hydrogen-bond acceptors (Lipinski definition) is 9. The van der Waals surface area contributed by atoms with Gasteiger partial charge in [0.25, 0.3) is 5.34 Å². The van der Waals surface area contributed by atoms with E-state index in [1.165, 1.54) is 0 Å². The van der Waals surface area contributed by atoms with Crippen LogP contribution in [0.2, 0.25) is 0 Å². The van der Waals surface area contributed by atoms with Crippen molar-refractivity contribution >= 4 is 22.8 Å². The predicted octanol–water partition coefficient (Wildman–Crippen LogP) is -5.32. The third-order valence-electron chi connectivity index (χ3n) is 3.81. The highest BCUT2D eigenvalue weighted by molar-refractivity contribution is 7.61. The summed E-state index contributed by atoms with van der Waals surface area (Å²) >= 11 is 0. The minimum atomic E-state index is -6.75. The highest BCUT2D eigenvalue weighted by Gasteiger charge is 2.89. The highest BCUT2D eigenvalue weighted by atomic mass is 31.2. The molecule has 0 amide bonds. The topological polar surface area (TPSA) is 294 Å². The molecule has 0 spiro atoms. The molecular formula is C6H15O15P3. The molecule has 0 aromatic heterocycles. The van der Waals surface area contributed by atoms with Gasteiger partial charge in [0.05, 0.1) is 0 Å². The third-order valence-corrected chi connectivity index (χ3v) is 8.64. The zero-order chi connectivity index (χ0) is 19.7. The number of hydrogen-bond donors (Lipinski definition) is 12. The van der Waals surface area contributed by atoms with E-state index in [4.69, 9.17) is 19.6 Å². The first-order valence-electron chi connectivity index (χ1n) is 5.61. The average molecular weight is 420 g/mol. The maximum atomic E-state index is 11.6. The van der Waals surface area contributed by atoms with Gasteiger partial charge < -0.3 is 60.0 Å². The van der Waals surface area contributed by atoms with Crippen LogP contribution in [0.4, 0.5) is 0 Å². The van der Waals surface area contributed by atoms with Crippen molar-refractivity contribution < 1.29 is 73.7 Å². The lowest BCUT2D eigenvalue weighted by molar-refractivity contribution is -0.283. The van der Waals surface area contributed by atoms with Gasteiger partial charge >= 0.3 is 22.8 Å². The molecule has 1 fully saturated rings. The summed E-state index contributed by atoms with van der Waals surface area (Å²) in [5.74, 6) is 0. The van der Waals surface area contributed by atoms with E-state index in [0.717, 1.165) is 0 Å². The molecule has 0 aliphatic heterocycles. The van der Waals surface area contributed by atoms with Gasteiger partial charge in [-0.05, 0) is 0 Å². The van der Waals surface area contributed by atoms with Gasteiger partial charge in [0.15, 0.2) is 0 Å². The van der Waals surface area contributed by atoms with E-state index in [9.17, 15) is 54.1 Å². The summed E-state index contributed by atoms with van der Waals surface area (Å²) in [7, 11) is -19.9. The Bertz CT molecular complexity index is 616. The Balaban J connectivity index is 4.16. The van der Waals surface area contributed by atoms with Crippen molar-refractivity contribution in [2.75, 3.05) is 0 Å². The summed E-state index contributed by atoms with van der Waals surface area (Å²) in [5.41, 5.74) is 0. The Labute approximate surface area is 131 Å². The molecule has 0 aromatic carbocycles. The Morgan fingerprint density at radius 1 is 0.583 bits per heavy atom. The minimum Gasteiger partial charge on any atom is -0.387 e. The largest absolute Gasteiger partial charge is 0.387 e. The van der Waals surface area contributed by atoms with Crippen LogP contribution in [0.1, 0.15) is 0 Å². The maximum absolute atomic E-state index is 11.6. The van der Waals surface area contributed by atoms with E-state index < -0.39 is 57.1 Å². The molecular weight excluding hydrogens is 405 g/mol. The fourth-order valence-corrected chi connectivity index (χ4v) is 7.43. The summed E-state index contributed by atoms with van der Waals surface area (Å²) in [5, 5.41) is 43.8. The van der Waals surface area contributed by atoms with Crippen molar-refractivity contribution in [3.63, 3.8) is 0 Å². The van der Waals surface area contributed by atoms with Crippen molar-refractivity contribution in [1.82, 2.24) is 0 Å². The third kappa shape index (κ3) is 2.35. The molecule has 0 aromatic rings. The number of aliphatic hydroxyl groups is 6. The van der Waals surface area contributed by atoms with E-state index in [0.29, 0.717) is 0 Å². The quantitative estimate of drug-likeness (QED) is 0.190. The molecule has 144 valence electrons. The Hall–Kier alpha value is 0.210. The van der Waals surface area contributed by atoms with E-state index in [-0.39, 0.29) is 0 Å². The van der Waals surface area contributed by atoms with Crippen molar-refractivity contribution in [3.05, 3.63) is 0 Å². The van der Waals surface area contributed by atoms with E-state index >= 15 is 0 Å². The van der Waals surface area contributed by atoms with Gasteiger partial charge in [0.1, 0.15) is 18.3 Å². The van der Waals surface area contributed by atoms with Crippen LogP contribution in [0.15, 0.2) is 0 Å². The predicted molar refractivity (Wildman–Crippen MR) is 69.0 cm³/mol. The van der Waals surface area contributed by atoms with Crippen LogP contribution < -0.4 is 0 Å². The lowest BCUT2D eigenvalue weighted by Crippen LogP contribution is -2.81. The van der Waals surface area contributed by atoms with Crippen LogP contribution in [-0.2, 0) is 13.7 Å². The average Bonchev–Trinajstić information content (AvgIpc) is 2.36. The fraction of sp³-hybridized carbons (Fsp3) is 1.00. The lowest BCUT2D eigenvalue weighted by Gasteiger charge is -2.58. The molecule has 4 atom stereocenters. The molecule has 1 aliphatic rings. The summed E-state index contributed by atoms with van der Waals surface area (Å²) in [6.45, 7) is 0. The lowest BCUT2D eigenvalue weighted by atomic mass is 9.83. The zero-order valence-corrected chi connectivity index (χ0v) is 13.8. The fourth-order valence-electron chi connectivity index (χ4n) is 2.51. The second kappa shape index (κ2) is 5.60. The molecule has 15 nitrogen and oxygen atoms in total. The molecule has 12 N–H and O–H groups in total. The molecule has 0 radical (unpaired) electrons. The standard InChI is InChI=1S/C6H15O15P3/c7-1-2(8)4(10,22(13,14)15)6(12,24(19,20)21)5(11,3(1)9)23(16,17)18/h1-3,7-12H,(H2,13,14,15)(H2,16,17,18)(H2,19,20,21)/t1?,2-,3-,4-,5-,6?/m1/s1. The first-order valence-corrected chi connectivity index (χ1v) is 10.4. The zero-order valence-electron chi connectivity index (χ0n) is 11.2. The summed E-state index contributed by atoms with van der Waals surface area (Å²) < 4.78 is 34.5. The van der Waals surface area contributed by atoms with Gasteiger partial charge in [-0.25, -0.2) is 0 Å². The summed E-state index contributed by atoms with van der Waals surface area (Å²) in [6.07, 6.45) is -10.0. The molecule has 0 unspecified atom stereocenters. The molecule has 0 saturated heterocycles. The second-order valence-corrected chi connectivity index (χ2v) is 10.4. The second-order valence-electron chi connectivity index (χ2n) is 5.14. The van der Waals surface area contributed by atoms with Gasteiger partial charge in [0, 0.05) is 0 Å². The van der Waals surface area contributed by atoms with Crippen molar-refractivity contribution in [1.29, 1.82) is 0 Å². The first kappa shape index (κ1) is 22.3. The monoisotopic (exact) mass is 420 g/mol. The SMILES string of the molecule is O=P(O)(O)C1(O)[C@](O)(P(=O)(O)O)[C@H](O)C(O)[C@@H](O)[C@@]1(O)P(=O)(O)O. The van der Waals surface area contributed by atoms with Gasteiger partial charge in [0.2, 0.25) is 10.7 Å². The molecule has 0 heterocycles. The maximum Gasteiger partial charge on any atom is 0.364 e. The molecule has 1 rings (SSSR count). The minimum absolute atomic E-state index is 3.15. The van der Waals surface area contributed by atoms with Crippen molar-refractivity contribution in [2.24, 2.45) is 0 Å². The number of aliphatic hydroxyl groups excluding tert-OH is 3. The van der Waals surface area contributed by atoms with Crippen LogP contribution >= 0.6 is 22.8 Å². The van der Waals surface area contributed by atoms with Crippen molar-refractivity contribution in [3.8, 4) is 0 Å². The van der Waals surface area contributed by atoms with Crippen LogP contribution in [-0.4, -0.2) is 94.3 Å². The van der Waals surface area contributed by atoms with E-state index in [2.05, 4.69) is 0 Å². The van der Waals surface area contributed by atoms with Gasteiger partial charge in [-0.3, -0.25) is 13.7 Å². The summed E-state index contributed by atoms with van der Waals surface area (Å²) in [6, 6.07) is 0. The molecule has 0 bridgehead atoms. The first-order chi connectivity index (χ1) is 10.2. The molecule has 24 heavy (non-hydrogen) atoms. The smallest absolute Gasteiger partial charge is 0.364 e. The van der Waals surface area contributed by atoms with Crippen LogP contribution in [0, 0.1) is 0 Å². The van der Waals surface area contributed by atoms with Crippen LogP contribution in [0.5, 0.6) is 0 Å². The van der Waals surface area contributed by atoms with Gasteiger partial charge in [-0.15, -0.1) is 0 Å². The number of rotatable bonds is 3. The van der Waals surface area contributed by atoms with Gasteiger partial charge in [-0.1, -0.05) is 0 Å². The van der Waals surface area contributed by atoms with Gasteiger partial charge in [-0.2, -0.15) is 0 Å². The summed E-state index contributed by atoms with van der Waals surface area (Å²) in [4.78, 5) is 54.8.